The summed E-state index contributed by atoms with van der Waals surface area (Å²) >= 11 is 5.98. The first-order chi connectivity index (χ1) is 10.7. The zero-order valence-corrected chi connectivity index (χ0v) is 13.1. The average Bonchev–Trinajstić information content (AvgIpc) is 2.96. The highest BCUT2D eigenvalue weighted by molar-refractivity contribution is 6.18. The van der Waals surface area contributed by atoms with Gasteiger partial charge in [-0.05, 0) is 35.9 Å². The summed E-state index contributed by atoms with van der Waals surface area (Å²) in [5.41, 5.74) is 2.73. The van der Waals surface area contributed by atoms with Crippen molar-refractivity contribution >= 4 is 29.0 Å². The Hall–Kier alpha value is -2.20. The molecule has 22 heavy (non-hydrogen) atoms. The molecule has 3 rings (SSSR count). The van der Waals surface area contributed by atoms with Crippen molar-refractivity contribution in [3.05, 3.63) is 54.1 Å². The molecule has 5 heteroatoms. The van der Waals surface area contributed by atoms with Crippen molar-refractivity contribution in [2.75, 3.05) is 30.0 Å². The normalized spacial score (nSPS) is 14.5. The van der Waals surface area contributed by atoms with Crippen molar-refractivity contribution in [3.63, 3.8) is 0 Å². The molecule has 2 amide bonds. The summed E-state index contributed by atoms with van der Waals surface area (Å²) in [4.78, 5) is 16.3. The molecule has 0 bridgehead atoms. The molecule has 1 aliphatic heterocycles. The van der Waals surface area contributed by atoms with Gasteiger partial charge in [0.15, 0.2) is 0 Å². The molecular weight excluding hydrogens is 300 g/mol. The van der Waals surface area contributed by atoms with Crippen molar-refractivity contribution in [2.24, 2.45) is 0 Å². The number of para-hydroxylation sites is 1. The molecule has 0 saturated carbocycles. The summed E-state index contributed by atoms with van der Waals surface area (Å²) in [6, 6.07) is 15.2. The Kier molecular flexibility index (Phi) is 4.20. The number of carbonyl (C=O) groups excluding carboxylic acids is 1. The van der Waals surface area contributed by atoms with E-state index in [1.807, 2.05) is 48.5 Å². The molecular formula is C17H17ClN2O2. The first-order valence-electron chi connectivity index (χ1n) is 7.11. The fourth-order valence-corrected chi connectivity index (χ4v) is 2.88. The molecule has 0 N–H and O–H groups in total. The summed E-state index contributed by atoms with van der Waals surface area (Å²) in [7, 11) is 1.63. The van der Waals surface area contributed by atoms with E-state index in [1.165, 1.54) is 0 Å². The zero-order chi connectivity index (χ0) is 15.5. The SMILES string of the molecule is COc1ccc(N2CCN(c3ccccc3CCl)C2=O)cc1. The van der Waals surface area contributed by atoms with Crippen LogP contribution in [0, 0.1) is 0 Å². The lowest BCUT2D eigenvalue weighted by atomic mass is 10.2. The summed E-state index contributed by atoms with van der Waals surface area (Å²) < 4.78 is 5.15. The maximum absolute atomic E-state index is 12.7. The average molecular weight is 317 g/mol. The minimum atomic E-state index is -0.0252. The highest BCUT2D eigenvalue weighted by Gasteiger charge is 2.31. The molecule has 0 aliphatic carbocycles. The maximum Gasteiger partial charge on any atom is 0.329 e. The monoisotopic (exact) mass is 316 g/mol. The molecule has 0 spiro atoms. The van der Waals surface area contributed by atoms with E-state index in [4.69, 9.17) is 16.3 Å². The molecule has 1 saturated heterocycles. The molecule has 2 aromatic carbocycles. The second-order valence-electron chi connectivity index (χ2n) is 5.05. The summed E-state index contributed by atoms with van der Waals surface area (Å²) in [5, 5.41) is 0. The lowest BCUT2D eigenvalue weighted by Crippen LogP contribution is -2.32. The van der Waals surface area contributed by atoms with Crippen LogP contribution in [0.3, 0.4) is 0 Å². The van der Waals surface area contributed by atoms with Crippen LogP contribution in [0.5, 0.6) is 5.75 Å². The van der Waals surface area contributed by atoms with Crippen LogP contribution in [-0.2, 0) is 5.88 Å². The van der Waals surface area contributed by atoms with Crippen LogP contribution >= 0.6 is 11.6 Å². The first kappa shape index (κ1) is 14.7. The minimum Gasteiger partial charge on any atom is -0.497 e. The van der Waals surface area contributed by atoms with Gasteiger partial charge in [-0.3, -0.25) is 9.80 Å². The smallest absolute Gasteiger partial charge is 0.329 e. The van der Waals surface area contributed by atoms with Gasteiger partial charge in [0.1, 0.15) is 5.75 Å². The highest BCUT2D eigenvalue weighted by Crippen LogP contribution is 2.29. The Labute approximate surface area is 134 Å². The number of halogens is 1. The van der Waals surface area contributed by atoms with Crippen LogP contribution in [0.15, 0.2) is 48.5 Å². The van der Waals surface area contributed by atoms with E-state index in [2.05, 4.69) is 0 Å². The second-order valence-corrected chi connectivity index (χ2v) is 5.31. The Morgan fingerprint density at radius 2 is 1.73 bits per heavy atom. The standard InChI is InChI=1S/C17H17ClN2O2/c1-22-15-8-6-14(7-9-15)19-10-11-20(17(19)21)16-5-3-2-4-13(16)12-18/h2-9H,10-12H2,1H3. The van der Waals surface area contributed by atoms with Gasteiger partial charge in [0.05, 0.1) is 7.11 Å². The lowest BCUT2D eigenvalue weighted by molar-refractivity contribution is 0.256. The van der Waals surface area contributed by atoms with Gasteiger partial charge in [0, 0.05) is 30.3 Å². The fraction of sp³-hybridized carbons (Fsp3) is 0.235. The van der Waals surface area contributed by atoms with Crippen LogP contribution in [0.25, 0.3) is 0 Å². The Balaban J connectivity index is 1.85. The second kappa shape index (κ2) is 6.28. The molecule has 1 heterocycles. The molecule has 114 valence electrons. The van der Waals surface area contributed by atoms with Crippen LogP contribution in [0.4, 0.5) is 16.2 Å². The van der Waals surface area contributed by atoms with Gasteiger partial charge in [-0.25, -0.2) is 4.79 Å². The molecule has 0 atom stereocenters. The predicted molar refractivity (Wildman–Crippen MR) is 89.1 cm³/mol. The van der Waals surface area contributed by atoms with E-state index >= 15 is 0 Å². The first-order valence-corrected chi connectivity index (χ1v) is 7.65. The number of rotatable bonds is 4. The number of nitrogens with zero attached hydrogens (tertiary/aromatic N) is 2. The Bertz CT molecular complexity index is 673. The van der Waals surface area contributed by atoms with Crippen LogP contribution in [0.2, 0.25) is 0 Å². The van der Waals surface area contributed by atoms with Gasteiger partial charge >= 0.3 is 6.03 Å². The van der Waals surface area contributed by atoms with E-state index in [1.54, 1.807) is 16.9 Å². The number of urea groups is 1. The number of methoxy groups -OCH3 is 1. The third kappa shape index (κ3) is 2.62. The van der Waals surface area contributed by atoms with E-state index in [-0.39, 0.29) is 6.03 Å². The van der Waals surface area contributed by atoms with Crippen LogP contribution < -0.4 is 14.5 Å². The van der Waals surface area contributed by atoms with Gasteiger partial charge in [-0.15, -0.1) is 11.6 Å². The third-order valence-electron chi connectivity index (χ3n) is 3.82. The van der Waals surface area contributed by atoms with Crippen molar-refractivity contribution < 1.29 is 9.53 Å². The van der Waals surface area contributed by atoms with E-state index in [0.29, 0.717) is 19.0 Å². The predicted octanol–water partition coefficient (Wildman–Crippen LogP) is 3.88. The van der Waals surface area contributed by atoms with Gasteiger partial charge in [-0.2, -0.15) is 0 Å². The molecule has 1 aliphatic rings. The summed E-state index contributed by atoms with van der Waals surface area (Å²) in [5.74, 6) is 1.17. The number of alkyl halides is 1. The summed E-state index contributed by atoms with van der Waals surface area (Å²) in [6.07, 6.45) is 0. The van der Waals surface area contributed by atoms with Gasteiger partial charge in [-0.1, -0.05) is 18.2 Å². The zero-order valence-electron chi connectivity index (χ0n) is 12.3. The van der Waals surface area contributed by atoms with Crippen molar-refractivity contribution in [1.82, 2.24) is 0 Å². The third-order valence-corrected chi connectivity index (χ3v) is 4.11. The molecule has 0 radical (unpaired) electrons. The van der Waals surface area contributed by atoms with Crippen molar-refractivity contribution in [3.8, 4) is 5.75 Å². The molecule has 2 aromatic rings. The number of anilines is 2. The van der Waals surface area contributed by atoms with E-state index in [0.717, 1.165) is 22.7 Å². The molecule has 0 aromatic heterocycles. The summed E-state index contributed by atoms with van der Waals surface area (Å²) in [6.45, 7) is 1.31. The quantitative estimate of drug-likeness (QED) is 0.802. The van der Waals surface area contributed by atoms with Crippen molar-refractivity contribution in [1.29, 1.82) is 0 Å². The number of carbonyl (C=O) groups is 1. The van der Waals surface area contributed by atoms with Crippen LogP contribution in [0.1, 0.15) is 5.56 Å². The largest absolute Gasteiger partial charge is 0.497 e. The number of benzene rings is 2. The molecule has 4 nitrogen and oxygen atoms in total. The fourth-order valence-electron chi connectivity index (χ4n) is 2.65. The lowest BCUT2D eigenvalue weighted by Gasteiger charge is -2.20. The Morgan fingerprint density at radius 3 is 2.41 bits per heavy atom. The molecule has 1 fully saturated rings. The maximum atomic E-state index is 12.7. The number of hydrogen-bond acceptors (Lipinski definition) is 2. The topological polar surface area (TPSA) is 32.8 Å². The van der Waals surface area contributed by atoms with Gasteiger partial charge < -0.3 is 4.74 Å². The number of hydrogen-bond donors (Lipinski definition) is 0. The minimum absolute atomic E-state index is 0.0252. The Morgan fingerprint density at radius 1 is 1.05 bits per heavy atom. The highest BCUT2D eigenvalue weighted by atomic mass is 35.5. The van der Waals surface area contributed by atoms with E-state index in [9.17, 15) is 4.79 Å². The van der Waals surface area contributed by atoms with Crippen molar-refractivity contribution in [2.45, 2.75) is 5.88 Å². The number of amides is 2. The van der Waals surface area contributed by atoms with E-state index < -0.39 is 0 Å². The van der Waals surface area contributed by atoms with Gasteiger partial charge in [0.2, 0.25) is 0 Å². The van der Waals surface area contributed by atoms with Crippen LogP contribution in [-0.4, -0.2) is 26.2 Å². The molecule has 0 unspecified atom stereocenters. The number of ether oxygens (including phenoxy) is 1. The van der Waals surface area contributed by atoms with Gasteiger partial charge in [0.25, 0.3) is 0 Å².